The highest BCUT2D eigenvalue weighted by Crippen LogP contribution is 2.18. The number of thiol groups is 1. The summed E-state index contributed by atoms with van der Waals surface area (Å²) in [5.74, 6) is -0.778. The van der Waals surface area contributed by atoms with Crippen LogP contribution < -0.4 is 5.73 Å². The minimum absolute atomic E-state index is 0.0127. The van der Waals surface area contributed by atoms with Gasteiger partial charge in [0, 0.05) is 11.7 Å². The Hall–Kier alpha value is -1.00. The highest BCUT2D eigenvalue weighted by molar-refractivity contribution is 7.80. The zero-order valence-corrected chi connectivity index (χ0v) is 10.6. The lowest BCUT2D eigenvalue weighted by molar-refractivity contribution is -0.138. The summed E-state index contributed by atoms with van der Waals surface area (Å²) in [4.78, 5) is 10.6. The van der Waals surface area contributed by atoms with Gasteiger partial charge in [0.25, 0.3) is 0 Å². The molecule has 2 atom stereocenters. The van der Waals surface area contributed by atoms with Gasteiger partial charge in [-0.15, -0.1) is 0 Å². The molecular weight excluding hydrogens is 234 g/mol. The van der Waals surface area contributed by atoms with Gasteiger partial charge in [0.15, 0.2) is 0 Å². The molecule has 0 saturated heterocycles. The van der Waals surface area contributed by atoms with Crippen LogP contribution in [0.5, 0.6) is 0 Å². The fourth-order valence-electron chi connectivity index (χ4n) is 1.86. The number of carboxylic acid groups (broad SMARTS) is 1. The van der Waals surface area contributed by atoms with Crippen LogP contribution in [-0.2, 0) is 11.2 Å². The summed E-state index contributed by atoms with van der Waals surface area (Å²) in [6, 6.07) is 10.1. The molecule has 17 heavy (non-hydrogen) atoms. The molecule has 0 bridgehead atoms. The average molecular weight is 253 g/mol. The van der Waals surface area contributed by atoms with Crippen molar-refractivity contribution in [3.63, 3.8) is 0 Å². The first-order valence-corrected chi connectivity index (χ1v) is 6.27. The molecule has 0 saturated carbocycles. The van der Waals surface area contributed by atoms with Crippen molar-refractivity contribution in [1.29, 1.82) is 0 Å². The van der Waals surface area contributed by atoms with Gasteiger partial charge >= 0.3 is 5.97 Å². The smallest absolute Gasteiger partial charge is 0.303 e. The number of hydrogen-bond acceptors (Lipinski definition) is 3. The predicted octanol–water partition coefficient (Wildman–Crippen LogP) is 1.97. The van der Waals surface area contributed by atoms with Crippen molar-refractivity contribution in [3.8, 4) is 0 Å². The van der Waals surface area contributed by atoms with E-state index in [1.807, 2.05) is 18.2 Å². The van der Waals surface area contributed by atoms with E-state index in [2.05, 4.69) is 24.8 Å². The third-order valence-electron chi connectivity index (χ3n) is 2.72. The molecule has 0 radical (unpaired) electrons. The standard InChI is InChI=1S/C13H19NO2S/c14-9-11(8-13(15)16)7-12(17)6-10-4-2-1-3-5-10/h1-5,11-12,17H,6-9,14H2,(H,15,16). The van der Waals surface area contributed by atoms with Crippen LogP contribution in [0.15, 0.2) is 30.3 Å². The second kappa shape index (κ2) is 7.35. The molecule has 0 spiro atoms. The summed E-state index contributed by atoms with van der Waals surface area (Å²) >= 11 is 4.51. The molecule has 0 aliphatic carbocycles. The van der Waals surface area contributed by atoms with Crippen LogP contribution in [0.2, 0.25) is 0 Å². The fourth-order valence-corrected chi connectivity index (χ4v) is 2.37. The molecule has 0 aromatic heterocycles. The third-order valence-corrected chi connectivity index (χ3v) is 3.11. The SMILES string of the molecule is NCC(CC(=O)O)CC(S)Cc1ccccc1. The van der Waals surface area contributed by atoms with E-state index in [9.17, 15) is 4.79 Å². The lowest BCUT2D eigenvalue weighted by Crippen LogP contribution is -2.22. The molecule has 0 heterocycles. The largest absolute Gasteiger partial charge is 0.481 e. The molecule has 3 nitrogen and oxygen atoms in total. The van der Waals surface area contributed by atoms with Crippen molar-refractivity contribution >= 4 is 18.6 Å². The summed E-state index contributed by atoms with van der Waals surface area (Å²) < 4.78 is 0. The Morgan fingerprint density at radius 3 is 2.53 bits per heavy atom. The predicted molar refractivity (Wildman–Crippen MR) is 72.3 cm³/mol. The van der Waals surface area contributed by atoms with E-state index in [0.717, 1.165) is 12.8 Å². The topological polar surface area (TPSA) is 63.3 Å². The maximum Gasteiger partial charge on any atom is 0.303 e. The van der Waals surface area contributed by atoms with E-state index < -0.39 is 5.97 Å². The van der Waals surface area contributed by atoms with E-state index in [0.29, 0.717) is 6.54 Å². The van der Waals surface area contributed by atoms with Gasteiger partial charge in [-0.3, -0.25) is 4.79 Å². The van der Waals surface area contributed by atoms with Gasteiger partial charge in [-0.1, -0.05) is 30.3 Å². The lowest BCUT2D eigenvalue weighted by atomic mass is 9.96. The minimum Gasteiger partial charge on any atom is -0.481 e. The first-order valence-electron chi connectivity index (χ1n) is 5.75. The summed E-state index contributed by atoms with van der Waals surface area (Å²) in [6.07, 6.45) is 1.71. The molecule has 0 aliphatic rings. The molecule has 0 aliphatic heterocycles. The molecule has 4 heteroatoms. The Morgan fingerprint density at radius 2 is 2.00 bits per heavy atom. The van der Waals surface area contributed by atoms with Crippen LogP contribution in [0.1, 0.15) is 18.4 Å². The molecule has 94 valence electrons. The van der Waals surface area contributed by atoms with Gasteiger partial charge < -0.3 is 10.8 Å². The molecule has 1 aromatic rings. The monoisotopic (exact) mass is 253 g/mol. The third kappa shape index (κ3) is 5.75. The van der Waals surface area contributed by atoms with Crippen LogP contribution in [0.3, 0.4) is 0 Å². The van der Waals surface area contributed by atoms with Crippen molar-refractivity contribution in [2.24, 2.45) is 11.7 Å². The summed E-state index contributed by atoms with van der Waals surface area (Å²) in [7, 11) is 0. The molecule has 1 rings (SSSR count). The van der Waals surface area contributed by atoms with Gasteiger partial charge in [0.2, 0.25) is 0 Å². The Bertz CT molecular complexity index is 343. The Kier molecular flexibility index (Phi) is 6.08. The van der Waals surface area contributed by atoms with Gasteiger partial charge in [-0.05, 0) is 30.9 Å². The van der Waals surface area contributed by atoms with Gasteiger partial charge in [-0.2, -0.15) is 12.6 Å². The first kappa shape index (κ1) is 14.1. The lowest BCUT2D eigenvalue weighted by Gasteiger charge is -2.17. The highest BCUT2D eigenvalue weighted by atomic mass is 32.1. The molecule has 1 aromatic carbocycles. The molecule has 0 fully saturated rings. The van der Waals surface area contributed by atoms with Crippen molar-refractivity contribution in [2.45, 2.75) is 24.5 Å². The summed E-state index contributed by atoms with van der Waals surface area (Å²) in [5, 5.41) is 8.89. The van der Waals surface area contributed by atoms with E-state index in [1.165, 1.54) is 5.56 Å². The Morgan fingerprint density at radius 1 is 1.35 bits per heavy atom. The zero-order chi connectivity index (χ0) is 12.7. The first-order chi connectivity index (χ1) is 8.11. The summed E-state index contributed by atoms with van der Waals surface area (Å²) in [5.41, 5.74) is 6.79. The number of nitrogens with two attached hydrogens (primary N) is 1. The average Bonchev–Trinajstić information content (AvgIpc) is 2.28. The number of hydrogen-bond donors (Lipinski definition) is 3. The fraction of sp³-hybridized carbons (Fsp3) is 0.462. The van der Waals surface area contributed by atoms with Crippen LogP contribution in [-0.4, -0.2) is 22.9 Å². The molecule has 2 unspecified atom stereocenters. The van der Waals surface area contributed by atoms with Gasteiger partial charge in [-0.25, -0.2) is 0 Å². The second-order valence-electron chi connectivity index (χ2n) is 4.28. The van der Waals surface area contributed by atoms with Crippen molar-refractivity contribution in [1.82, 2.24) is 0 Å². The number of carboxylic acids is 1. The van der Waals surface area contributed by atoms with Crippen LogP contribution >= 0.6 is 12.6 Å². The van der Waals surface area contributed by atoms with E-state index in [4.69, 9.17) is 10.8 Å². The van der Waals surface area contributed by atoms with Crippen LogP contribution in [0.4, 0.5) is 0 Å². The van der Waals surface area contributed by atoms with E-state index >= 15 is 0 Å². The van der Waals surface area contributed by atoms with Crippen molar-refractivity contribution in [2.75, 3.05) is 6.54 Å². The van der Waals surface area contributed by atoms with Crippen LogP contribution in [0.25, 0.3) is 0 Å². The highest BCUT2D eigenvalue weighted by Gasteiger charge is 2.16. The maximum absolute atomic E-state index is 10.6. The normalized spacial score (nSPS) is 14.2. The Balaban J connectivity index is 2.42. The number of carbonyl (C=O) groups is 1. The molecule has 0 amide bonds. The zero-order valence-electron chi connectivity index (χ0n) is 9.75. The maximum atomic E-state index is 10.6. The molecular formula is C13H19NO2S. The van der Waals surface area contributed by atoms with Crippen molar-refractivity contribution in [3.05, 3.63) is 35.9 Å². The number of benzene rings is 1. The minimum atomic E-state index is -0.791. The van der Waals surface area contributed by atoms with E-state index in [1.54, 1.807) is 0 Å². The van der Waals surface area contributed by atoms with E-state index in [-0.39, 0.29) is 17.6 Å². The quantitative estimate of drug-likeness (QED) is 0.651. The van der Waals surface area contributed by atoms with Gasteiger partial charge in [0.05, 0.1) is 0 Å². The summed E-state index contributed by atoms with van der Waals surface area (Å²) in [6.45, 7) is 0.401. The van der Waals surface area contributed by atoms with Crippen molar-refractivity contribution < 1.29 is 9.90 Å². The van der Waals surface area contributed by atoms with Gasteiger partial charge in [0.1, 0.15) is 0 Å². The second-order valence-corrected chi connectivity index (χ2v) is 5.01. The number of aliphatic carboxylic acids is 1. The Labute approximate surface area is 107 Å². The molecule has 3 N–H and O–H groups in total. The number of rotatable bonds is 7. The van der Waals surface area contributed by atoms with Crippen LogP contribution in [0, 0.1) is 5.92 Å².